The van der Waals surface area contributed by atoms with E-state index in [2.05, 4.69) is 24.8 Å². The smallest absolute Gasteiger partial charge is 0.353 e. The molecular weight excluding hydrogens is 462 g/mol. The van der Waals surface area contributed by atoms with Gasteiger partial charge in [0.1, 0.15) is 11.7 Å². The fourth-order valence-electron chi connectivity index (χ4n) is 3.44. The molecule has 2 aromatic heterocycles. The maximum Gasteiger partial charge on any atom is 0.353 e. The van der Waals surface area contributed by atoms with Crippen LogP contribution in [0.1, 0.15) is 18.7 Å². The number of carboxylic acids is 1. The first-order chi connectivity index (χ1) is 15.3. The maximum atomic E-state index is 12.7. The van der Waals surface area contributed by atoms with Gasteiger partial charge in [-0.1, -0.05) is 16.9 Å². The van der Waals surface area contributed by atoms with Crippen molar-refractivity contribution in [3.63, 3.8) is 0 Å². The van der Waals surface area contributed by atoms with Gasteiger partial charge in [0.2, 0.25) is 17.4 Å². The second-order valence-electron chi connectivity index (χ2n) is 6.70. The summed E-state index contributed by atoms with van der Waals surface area (Å²) in [7, 11) is 0. The number of hydrogen-bond donors (Lipinski definition) is 5. The summed E-state index contributed by atoms with van der Waals surface area (Å²) in [4.78, 5) is 46.9. The van der Waals surface area contributed by atoms with Crippen molar-refractivity contribution in [1.82, 2.24) is 24.6 Å². The van der Waals surface area contributed by atoms with Crippen molar-refractivity contribution in [2.24, 2.45) is 5.16 Å². The number of hydrogen-bond acceptors (Lipinski definition) is 12. The van der Waals surface area contributed by atoms with Gasteiger partial charge in [0.05, 0.1) is 6.04 Å². The number of amides is 2. The molecule has 32 heavy (non-hydrogen) atoms. The van der Waals surface area contributed by atoms with Crippen molar-refractivity contribution in [2.75, 3.05) is 5.73 Å². The third-order valence-corrected chi connectivity index (χ3v) is 6.48. The van der Waals surface area contributed by atoms with Gasteiger partial charge in [0.15, 0.2) is 5.13 Å². The number of aliphatic carboxylic acids is 1. The van der Waals surface area contributed by atoms with Crippen LogP contribution in [0, 0.1) is 0 Å². The second kappa shape index (κ2) is 8.43. The molecule has 0 saturated carbocycles. The van der Waals surface area contributed by atoms with Crippen LogP contribution in [0.5, 0.6) is 5.88 Å². The Hall–Kier alpha value is -3.72. The van der Waals surface area contributed by atoms with E-state index in [4.69, 9.17) is 5.73 Å². The lowest BCUT2D eigenvalue weighted by Gasteiger charge is -2.50. The minimum Gasteiger partial charge on any atom is -0.493 e. The Morgan fingerprint density at radius 2 is 2.16 bits per heavy atom. The molecule has 2 unspecified atom stereocenters. The monoisotopic (exact) mass is 477 g/mol. The molecule has 0 aliphatic carbocycles. The number of nitrogen functional groups attached to an aromatic ring is 1. The second-order valence-corrected chi connectivity index (χ2v) is 8.65. The van der Waals surface area contributed by atoms with Gasteiger partial charge in [-0.25, -0.2) is 9.78 Å². The largest absolute Gasteiger partial charge is 0.493 e. The van der Waals surface area contributed by atoms with E-state index in [1.54, 1.807) is 6.07 Å². The fraction of sp³-hybridized carbons (Fsp3) is 0.235. The lowest BCUT2D eigenvalue weighted by atomic mass is 9.86. The number of aromatic hydroxyl groups is 1. The third-order valence-electron chi connectivity index (χ3n) is 4.81. The highest BCUT2D eigenvalue weighted by molar-refractivity contribution is 8.03. The molecular formula is C17H15N7O6S2. The topological polar surface area (TPSA) is 204 Å². The number of nitrogens with one attached hydrogen (secondary N) is 1. The Labute approximate surface area is 187 Å². The van der Waals surface area contributed by atoms with Gasteiger partial charge in [0.25, 0.3) is 11.8 Å². The first kappa shape index (κ1) is 21.5. The van der Waals surface area contributed by atoms with Crippen LogP contribution >= 0.6 is 23.3 Å². The van der Waals surface area contributed by atoms with Crippen LogP contribution in [0.4, 0.5) is 5.13 Å². The number of thioether (sulfide) groups is 1. The number of oxime groups is 1. The van der Waals surface area contributed by atoms with Crippen LogP contribution in [-0.2, 0) is 14.4 Å². The van der Waals surface area contributed by atoms with Crippen LogP contribution < -0.4 is 11.1 Å². The zero-order chi connectivity index (χ0) is 23.0. The molecule has 2 amide bonds. The Morgan fingerprint density at radius 1 is 1.38 bits per heavy atom. The Kier molecular flexibility index (Phi) is 5.67. The molecule has 0 radical (unpaired) electrons. The molecule has 2 aromatic rings. The number of carboxylic acid groups (broad SMARTS) is 1. The first-order valence-electron chi connectivity index (χ1n) is 9.05. The Bertz CT molecular complexity index is 1160. The van der Waals surface area contributed by atoms with Gasteiger partial charge >= 0.3 is 5.97 Å². The van der Waals surface area contributed by atoms with Gasteiger partial charge in [-0.05, 0) is 18.9 Å². The molecule has 6 N–H and O–H groups in total. The van der Waals surface area contributed by atoms with E-state index in [1.807, 2.05) is 0 Å². The number of nitrogens with two attached hydrogens (primary N) is 1. The summed E-state index contributed by atoms with van der Waals surface area (Å²) in [6.45, 7) is 0. The van der Waals surface area contributed by atoms with Crippen molar-refractivity contribution in [1.29, 1.82) is 0 Å². The van der Waals surface area contributed by atoms with E-state index in [9.17, 15) is 29.8 Å². The van der Waals surface area contributed by atoms with E-state index in [-0.39, 0.29) is 22.5 Å². The summed E-state index contributed by atoms with van der Waals surface area (Å²) in [6, 6.07) is 1.39. The highest BCUT2D eigenvalue weighted by Gasteiger charge is 2.53. The Morgan fingerprint density at radius 3 is 2.75 bits per heavy atom. The van der Waals surface area contributed by atoms with Gasteiger partial charge in [-0.3, -0.25) is 14.5 Å². The van der Waals surface area contributed by atoms with E-state index in [0.717, 1.165) is 28.2 Å². The molecule has 0 spiro atoms. The minimum absolute atomic E-state index is 0.0669. The quantitative estimate of drug-likeness (QED) is 0.162. The molecule has 2 aliphatic heterocycles. The van der Waals surface area contributed by atoms with Gasteiger partial charge in [-0.2, -0.15) is 9.36 Å². The SMILES string of the molecule is Nc1nc(/C(=N/O)C(=O)NC2C(=O)N3C(C(=O)O)=C(Sc4ccc(O)nc4)CCC23)ns1. The van der Waals surface area contributed by atoms with Crippen molar-refractivity contribution in [2.45, 2.75) is 29.8 Å². The lowest BCUT2D eigenvalue weighted by molar-refractivity contribution is -0.155. The predicted octanol–water partition coefficient (Wildman–Crippen LogP) is -0.0229. The van der Waals surface area contributed by atoms with Crippen molar-refractivity contribution >= 4 is 51.9 Å². The molecule has 0 aromatic carbocycles. The number of fused-ring (bicyclic) bond motifs is 1. The number of allylic oxidation sites excluding steroid dienone is 1. The maximum absolute atomic E-state index is 12.7. The number of aromatic nitrogens is 3. The molecule has 166 valence electrons. The minimum atomic E-state index is -1.28. The zero-order valence-corrected chi connectivity index (χ0v) is 17.6. The average molecular weight is 477 g/mol. The predicted molar refractivity (Wildman–Crippen MR) is 111 cm³/mol. The van der Waals surface area contributed by atoms with Crippen LogP contribution in [0.15, 0.2) is 39.0 Å². The highest BCUT2D eigenvalue weighted by atomic mass is 32.2. The summed E-state index contributed by atoms with van der Waals surface area (Å²) in [5.41, 5.74) is 4.80. The van der Waals surface area contributed by atoms with Crippen LogP contribution in [-0.4, -0.2) is 70.2 Å². The van der Waals surface area contributed by atoms with Crippen molar-refractivity contribution < 1.29 is 29.8 Å². The molecule has 1 saturated heterocycles. The number of carbonyl (C=O) groups excluding carboxylic acids is 2. The number of pyridine rings is 1. The zero-order valence-electron chi connectivity index (χ0n) is 16.0. The summed E-state index contributed by atoms with van der Waals surface area (Å²) < 4.78 is 3.80. The molecule has 4 heterocycles. The summed E-state index contributed by atoms with van der Waals surface area (Å²) in [5.74, 6) is -3.12. The molecule has 1 fully saturated rings. The molecule has 2 atom stereocenters. The molecule has 13 nitrogen and oxygen atoms in total. The normalized spacial score (nSPS) is 20.6. The third kappa shape index (κ3) is 3.82. The lowest BCUT2D eigenvalue weighted by Crippen LogP contribution is -2.72. The number of β-lactam (4-membered cyclic amide) rings is 1. The van der Waals surface area contributed by atoms with Gasteiger partial charge in [0, 0.05) is 33.6 Å². The van der Waals surface area contributed by atoms with Crippen LogP contribution in [0.2, 0.25) is 0 Å². The van der Waals surface area contributed by atoms with E-state index >= 15 is 0 Å². The highest BCUT2D eigenvalue weighted by Crippen LogP contribution is 2.43. The van der Waals surface area contributed by atoms with E-state index < -0.39 is 35.6 Å². The first-order valence-corrected chi connectivity index (χ1v) is 10.6. The number of nitrogens with zero attached hydrogens (tertiary/aromatic N) is 5. The number of carbonyl (C=O) groups is 3. The average Bonchev–Trinajstić information content (AvgIpc) is 3.19. The van der Waals surface area contributed by atoms with Gasteiger partial charge < -0.3 is 26.5 Å². The van der Waals surface area contributed by atoms with E-state index in [0.29, 0.717) is 22.6 Å². The molecule has 15 heteroatoms. The fourth-order valence-corrected chi connectivity index (χ4v) is 4.90. The van der Waals surface area contributed by atoms with Crippen LogP contribution in [0.3, 0.4) is 0 Å². The molecule has 0 bridgehead atoms. The molecule has 2 aliphatic rings. The summed E-state index contributed by atoms with van der Waals surface area (Å²) >= 11 is 1.94. The summed E-state index contributed by atoms with van der Waals surface area (Å²) in [6.07, 6.45) is 2.14. The molecule has 4 rings (SSSR count). The summed E-state index contributed by atoms with van der Waals surface area (Å²) in [5, 5.41) is 33.6. The van der Waals surface area contributed by atoms with Crippen LogP contribution in [0.25, 0.3) is 0 Å². The van der Waals surface area contributed by atoms with Gasteiger partial charge in [-0.15, -0.1) is 0 Å². The number of rotatable bonds is 6. The van der Waals surface area contributed by atoms with Crippen molar-refractivity contribution in [3.8, 4) is 5.88 Å². The van der Waals surface area contributed by atoms with Crippen molar-refractivity contribution in [3.05, 3.63) is 34.8 Å². The number of anilines is 1. The van der Waals surface area contributed by atoms with E-state index in [1.165, 1.54) is 12.3 Å². The Balaban J connectivity index is 1.52. The standard InChI is InChI=1S/C17H15N7O6S2/c18-17-21-13(23-32-17)11(22-30)14(26)20-10-7-2-3-8(12(16(28)29)24(7)15(10)27)31-6-1-4-9(25)19-5-6/h1,4-5,7,10,30H,2-3H2,(H,19,25)(H,20,26)(H,28,29)(H2,18,21,23)/b22-11-.